The van der Waals surface area contributed by atoms with E-state index in [1.54, 1.807) is 23.9 Å². The lowest BCUT2D eigenvalue weighted by molar-refractivity contribution is 0.414. The molecule has 7 heteroatoms. The molecular formula is C23H28FN5O. The summed E-state index contributed by atoms with van der Waals surface area (Å²) in [5, 5.41) is 11.2. The number of methoxy groups -OCH3 is 1. The Balaban J connectivity index is 1.48. The van der Waals surface area contributed by atoms with Gasteiger partial charge in [0.25, 0.3) is 0 Å². The molecule has 0 bridgehead atoms. The summed E-state index contributed by atoms with van der Waals surface area (Å²) in [7, 11) is 1.67. The third-order valence-corrected chi connectivity index (χ3v) is 4.58. The molecule has 0 amide bonds. The summed E-state index contributed by atoms with van der Waals surface area (Å²) in [5.74, 6) is 1.41. The first-order valence-electron chi connectivity index (χ1n) is 10.1. The van der Waals surface area contributed by atoms with Crippen molar-refractivity contribution in [3.8, 4) is 11.4 Å². The molecule has 1 heterocycles. The van der Waals surface area contributed by atoms with Crippen LogP contribution in [-0.4, -0.2) is 42.5 Å². The number of halogens is 1. The van der Waals surface area contributed by atoms with Crippen LogP contribution in [0.2, 0.25) is 0 Å². The second-order valence-corrected chi connectivity index (χ2v) is 6.76. The number of guanidine groups is 1. The summed E-state index contributed by atoms with van der Waals surface area (Å²) in [5.41, 5.74) is 3.02. The Labute approximate surface area is 176 Å². The molecule has 3 aromatic rings. The van der Waals surface area contributed by atoms with Crippen LogP contribution in [0.5, 0.6) is 5.75 Å². The van der Waals surface area contributed by atoms with Crippen molar-refractivity contribution in [2.75, 3.05) is 26.7 Å². The van der Waals surface area contributed by atoms with Gasteiger partial charge in [-0.05, 0) is 61.4 Å². The molecule has 0 radical (unpaired) electrons. The molecule has 0 aliphatic rings. The monoisotopic (exact) mass is 409 g/mol. The van der Waals surface area contributed by atoms with E-state index < -0.39 is 0 Å². The second kappa shape index (κ2) is 11.0. The zero-order chi connectivity index (χ0) is 21.2. The van der Waals surface area contributed by atoms with Crippen LogP contribution in [0.1, 0.15) is 18.2 Å². The minimum atomic E-state index is -0.254. The van der Waals surface area contributed by atoms with Gasteiger partial charge in [0.2, 0.25) is 0 Å². The zero-order valence-corrected chi connectivity index (χ0v) is 17.4. The van der Waals surface area contributed by atoms with Crippen molar-refractivity contribution >= 4 is 5.96 Å². The minimum Gasteiger partial charge on any atom is -0.497 e. The number of rotatable bonds is 9. The van der Waals surface area contributed by atoms with E-state index in [0.717, 1.165) is 49.0 Å². The Morgan fingerprint density at radius 2 is 1.80 bits per heavy atom. The van der Waals surface area contributed by atoms with Crippen molar-refractivity contribution in [3.05, 3.63) is 77.9 Å². The number of hydrogen-bond donors (Lipinski definition) is 2. The van der Waals surface area contributed by atoms with Crippen LogP contribution >= 0.6 is 0 Å². The quantitative estimate of drug-likeness (QED) is 0.420. The fourth-order valence-electron chi connectivity index (χ4n) is 2.97. The maximum atomic E-state index is 13.1. The standard InChI is InChI=1S/C23H28FN5O/c1-3-25-23(26-15-12-18-4-10-22(30-2)11-5-18)27-16-13-20-14-17-29(28-20)21-8-6-19(24)7-9-21/h4-11,14,17H,3,12-13,15-16H2,1-2H3,(H2,25,26,27). The lowest BCUT2D eigenvalue weighted by Gasteiger charge is -2.11. The third kappa shape index (κ3) is 6.34. The highest BCUT2D eigenvalue weighted by atomic mass is 19.1. The van der Waals surface area contributed by atoms with Crippen LogP contribution in [0, 0.1) is 5.82 Å². The highest BCUT2D eigenvalue weighted by Gasteiger charge is 2.03. The van der Waals surface area contributed by atoms with Crippen LogP contribution < -0.4 is 15.4 Å². The molecule has 0 saturated heterocycles. The van der Waals surface area contributed by atoms with Crippen molar-refractivity contribution in [2.24, 2.45) is 4.99 Å². The number of nitrogens with one attached hydrogen (secondary N) is 2. The molecule has 30 heavy (non-hydrogen) atoms. The zero-order valence-electron chi connectivity index (χ0n) is 17.4. The van der Waals surface area contributed by atoms with Gasteiger partial charge in [-0.25, -0.2) is 9.07 Å². The van der Waals surface area contributed by atoms with Crippen molar-refractivity contribution in [1.82, 2.24) is 20.4 Å². The lowest BCUT2D eigenvalue weighted by atomic mass is 10.1. The van der Waals surface area contributed by atoms with Gasteiger partial charge in [0.1, 0.15) is 11.6 Å². The van der Waals surface area contributed by atoms with Crippen molar-refractivity contribution in [3.63, 3.8) is 0 Å². The summed E-state index contributed by atoms with van der Waals surface area (Å²) in [6.45, 7) is 4.26. The average molecular weight is 410 g/mol. The van der Waals surface area contributed by atoms with Gasteiger partial charge in [0.05, 0.1) is 18.5 Å². The molecule has 158 valence electrons. The first-order valence-corrected chi connectivity index (χ1v) is 10.1. The Morgan fingerprint density at radius 1 is 1.03 bits per heavy atom. The highest BCUT2D eigenvalue weighted by molar-refractivity contribution is 5.79. The number of benzene rings is 2. The van der Waals surface area contributed by atoms with E-state index in [1.165, 1.54) is 17.7 Å². The summed E-state index contributed by atoms with van der Waals surface area (Å²) in [4.78, 5) is 4.64. The van der Waals surface area contributed by atoms with E-state index in [-0.39, 0.29) is 5.82 Å². The topological polar surface area (TPSA) is 63.5 Å². The van der Waals surface area contributed by atoms with Crippen LogP contribution in [0.4, 0.5) is 4.39 Å². The smallest absolute Gasteiger partial charge is 0.191 e. The van der Waals surface area contributed by atoms with Crippen LogP contribution in [0.15, 0.2) is 65.8 Å². The van der Waals surface area contributed by atoms with E-state index in [0.29, 0.717) is 6.54 Å². The Morgan fingerprint density at radius 3 is 2.50 bits per heavy atom. The first-order chi connectivity index (χ1) is 14.7. The number of ether oxygens (including phenoxy) is 1. The van der Waals surface area contributed by atoms with Gasteiger partial charge >= 0.3 is 0 Å². The largest absolute Gasteiger partial charge is 0.497 e. The van der Waals surface area contributed by atoms with Crippen molar-refractivity contribution in [2.45, 2.75) is 19.8 Å². The molecule has 0 aliphatic carbocycles. The molecule has 0 fully saturated rings. The van der Waals surface area contributed by atoms with E-state index in [2.05, 4.69) is 32.9 Å². The van der Waals surface area contributed by atoms with Gasteiger partial charge in [0, 0.05) is 32.3 Å². The van der Waals surface area contributed by atoms with Gasteiger partial charge in [-0.3, -0.25) is 4.99 Å². The number of hydrogen-bond acceptors (Lipinski definition) is 3. The summed E-state index contributed by atoms with van der Waals surface area (Å²) in [6, 6.07) is 16.3. The van der Waals surface area contributed by atoms with Gasteiger partial charge in [-0.1, -0.05) is 12.1 Å². The van der Waals surface area contributed by atoms with Gasteiger partial charge in [-0.15, -0.1) is 0 Å². The van der Waals surface area contributed by atoms with Crippen molar-refractivity contribution in [1.29, 1.82) is 0 Å². The molecule has 0 aliphatic heterocycles. The SMILES string of the molecule is CCNC(=NCCc1ccn(-c2ccc(F)cc2)n1)NCCc1ccc(OC)cc1. The Hall–Kier alpha value is -3.35. The van der Waals surface area contributed by atoms with Gasteiger partial charge in [-0.2, -0.15) is 5.10 Å². The predicted molar refractivity (Wildman–Crippen MR) is 118 cm³/mol. The average Bonchev–Trinajstić information content (AvgIpc) is 3.23. The van der Waals surface area contributed by atoms with E-state index in [9.17, 15) is 4.39 Å². The molecule has 3 rings (SSSR count). The molecule has 0 spiro atoms. The third-order valence-electron chi connectivity index (χ3n) is 4.58. The Bertz CT molecular complexity index is 935. The molecule has 2 N–H and O–H groups in total. The van der Waals surface area contributed by atoms with Crippen LogP contribution in [0.25, 0.3) is 5.69 Å². The maximum Gasteiger partial charge on any atom is 0.191 e. The maximum absolute atomic E-state index is 13.1. The molecular weight excluding hydrogens is 381 g/mol. The minimum absolute atomic E-state index is 0.254. The number of aliphatic imine (C=N–C) groups is 1. The fraction of sp³-hybridized carbons (Fsp3) is 0.304. The van der Waals surface area contributed by atoms with Gasteiger partial charge in [0.15, 0.2) is 5.96 Å². The predicted octanol–water partition coefficient (Wildman–Crippen LogP) is 3.36. The van der Waals surface area contributed by atoms with E-state index in [1.807, 2.05) is 31.3 Å². The Kier molecular flexibility index (Phi) is 7.83. The molecule has 2 aromatic carbocycles. The molecule has 6 nitrogen and oxygen atoms in total. The molecule has 0 unspecified atom stereocenters. The lowest BCUT2D eigenvalue weighted by Crippen LogP contribution is -2.38. The van der Waals surface area contributed by atoms with Gasteiger partial charge < -0.3 is 15.4 Å². The molecule has 0 saturated carbocycles. The summed E-state index contributed by atoms with van der Waals surface area (Å²) >= 11 is 0. The molecule has 1 aromatic heterocycles. The first kappa shape index (κ1) is 21.4. The summed E-state index contributed by atoms with van der Waals surface area (Å²) < 4.78 is 20.0. The molecule has 0 atom stereocenters. The van der Waals surface area contributed by atoms with E-state index >= 15 is 0 Å². The van der Waals surface area contributed by atoms with Crippen molar-refractivity contribution < 1.29 is 9.13 Å². The van der Waals surface area contributed by atoms with Crippen LogP contribution in [0.3, 0.4) is 0 Å². The second-order valence-electron chi connectivity index (χ2n) is 6.76. The van der Waals surface area contributed by atoms with Crippen LogP contribution in [-0.2, 0) is 12.8 Å². The number of nitrogens with zero attached hydrogens (tertiary/aromatic N) is 3. The normalized spacial score (nSPS) is 11.4. The van der Waals surface area contributed by atoms with E-state index in [4.69, 9.17) is 4.74 Å². The number of aromatic nitrogens is 2. The fourth-order valence-corrected chi connectivity index (χ4v) is 2.97. The highest BCUT2D eigenvalue weighted by Crippen LogP contribution is 2.11. The summed E-state index contributed by atoms with van der Waals surface area (Å²) in [6.07, 6.45) is 3.50.